The maximum absolute atomic E-state index is 13.0. The van der Waals surface area contributed by atoms with Crippen LogP contribution in [0.5, 0.6) is 0 Å². The lowest BCUT2D eigenvalue weighted by Gasteiger charge is -2.21. The average Bonchev–Trinajstić information content (AvgIpc) is 2.35. The van der Waals surface area contributed by atoms with E-state index in [1.807, 2.05) is 20.8 Å². The SMILES string of the molecule is CC(C)CNC(=O)C(C)NC(C)c1ccc(F)cc1Cl. The molecule has 0 aliphatic carbocycles. The molecule has 2 N–H and O–H groups in total. The van der Waals surface area contributed by atoms with E-state index in [0.29, 0.717) is 17.5 Å². The van der Waals surface area contributed by atoms with Crippen LogP contribution in [0.4, 0.5) is 4.39 Å². The Morgan fingerprint density at radius 3 is 2.50 bits per heavy atom. The van der Waals surface area contributed by atoms with Gasteiger partial charge in [-0.2, -0.15) is 0 Å². The molecule has 0 aromatic heterocycles. The van der Waals surface area contributed by atoms with Gasteiger partial charge < -0.3 is 5.32 Å². The van der Waals surface area contributed by atoms with Gasteiger partial charge in [-0.05, 0) is 37.5 Å². The van der Waals surface area contributed by atoms with Crippen LogP contribution in [0.2, 0.25) is 5.02 Å². The molecule has 5 heteroatoms. The third kappa shape index (κ3) is 5.10. The predicted octanol–water partition coefficient (Wildman–Crippen LogP) is 3.29. The molecule has 0 saturated heterocycles. The highest BCUT2D eigenvalue weighted by Crippen LogP contribution is 2.23. The van der Waals surface area contributed by atoms with Gasteiger partial charge >= 0.3 is 0 Å². The first-order valence-electron chi connectivity index (χ1n) is 6.80. The molecule has 0 bridgehead atoms. The standard InChI is InChI=1S/C15H22ClFN2O/c1-9(2)8-18-15(20)11(4)19-10(3)13-6-5-12(17)7-14(13)16/h5-7,9-11,19H,8H2,1-4H3,(H,18,20). The van der Waals surface area contributed by atoms with Crippen molar-refractivity contribution in [3.05, 3.63) is 34.6 Å². The molecule has 1 rings (SSSR count). The third-order valence-electron chi connectivity index (χ3n) is 3.01. The summed E-state index contributed by atoms with van der Waals surface area (Å²) in [5.41, 5.74) is 0.775. The van der Waals surface area contributed by atoms with Crippen LogP contribution >= 0.6 is 11.6 Å². The molecule has 0 saturated carbocycles. The lowest BCUT2D eigenvalue weighted by atomic mass is 10.1. The minimum atomic E-state index is -0.367. The van der Waals surface area contributed by atoms with Crippen LogP contribution in [0.15, 0.2) is 18.2 Å². The van der Waals surface area contributed by atoms with Crippen molar-refractivity contribution in [3.8, 4) is 0 Å². The fourth-order valence-corrected chi connectivity index (χ4v) is 2.18. The maximum atomic E-state index is 13.0. The van der Waals surface area contributed by atoms with Gasteiger partial charge in [0.25, 0.3) is 0 Å². The van der Waals surface area contributed by atoms with Crippen LogP contribution < -0.4 is 10.6 Å². The van der Waals surface area contributed by atoms with Crippen LogP contribution in [0.25, 0.3) is 0 Å². The van der Waals surface area contributed by atoms with Gasteiger partial charge in [-0.25, -0.2) is 4.39 Å². The Morgan fingerprint density at radius 2 is 1.95 bits per heavy atom. The van der Waals surface area contributed by atoms with Gasteiger partial charge in [0.2, 0.25) is 5.91 Å². The highest BCUT2D eigenvalue weighted by atomic mass is 35.5. The summed E-state index contributed by atoms with van der Waals surface area (Å²) in [6.07, 6.45) is 0. The molecule has 0 radical (unpaired) electrons. The van der Waals surface area contributed by atoms with Crippen LogP contribution in [-0.2, 0) is 4.79 Å². The summed E-state index contributed by atoms with van der Waals surface area (Å²) in [5, 5.41) is 6.39. The number of halogens is 2. The lowest BCUT2D eigenvalue weighted by Crippen LogP contribution is -2.44. The fraction of sp³-hybridized carbons (Fsp3) is 0.533. The highest BCUT2D eigenvalue weighted by Gasteiger charge is 2.17. The summed E-state index contributed by atoms with van der Waals surface area (Å²) < 4.78 is 13.0. The van der Waals surface area contributed by atoms with E-state index in [9.17, 15) is 9.18 Å². The van der Waals surface area contributed by atoms with Crippen molar-refractivity contribution in [1.29, 1.82) is 0 Å². The largest absolute Gasteiger partial charge is 0.354 e. The molecule has 1 aromatic rings. The maximum Gasteiger partial charge on any atom is 0.236 e. The van der Waals surface area contributed by atoms with Gasteiger partial charge in [-0.15, -0.1) is 0 Å². The Hall–Kier alpha value is -1.13. The second-order valence-electron chi connectivity index (χ2n) is 5.41. The number of hydrogen-bond acceptors (Lipinski definition) is 2. The average molecular weight is 301 g/mol. The van der Waals surface area contributed by atoms with Crippen LogP contribution in [0.3, 0.4) is 0 Å². The number of amides is 1. The quantitative estimate of drug-likeness (QED) is 0.846. The van der Waals surface area contributed by atoms with Crippen LogP contribution in [0, 0.1) is 11.7 Å². The molecule has 112 valence electrons. The number of hydrogen-bond donors (Lipinski definition) is 2. The monoisotopic (exact) mass is 300 g/mol. The van der Waals surface area contributed by atoms with E-state index in [1.165, 1.54) is 12.1 Å². The van der Waals surface area contributed by atoms with Gasteiger partial charge in [0.15, 0.2) is 0 Å². The van der Waals surface area contributed by atoms with Crippen molar-refractivity contribution in [3.63, 3.8) is 0 Å². The van der Waals surface area contributed by atoms with E-state index in [-0.39, 0.29) is 23.8 Å². The number of benzene rings is 1. The second-order valence-corrected chi connectivity index (χ2v) is 5.82. The van der Waals surface area contributed by atoms with E-state index in [0.717, 1.165) is 5.56 Å². The Balaban J connectivity index is 2.60. The number of rotatable bonds is 6. The summed E-state index contributed by atoms with van der Waals surface area (Å²) in [5.74, 6) is -0.00687. The second kappa shape index (κ2) is 7.60. The molecule has 0 heterocycles. The third-order valence-corrected chi connectivity index (χ3v) is 3.33. The zero-order chi connectivity index (χ0) is 15.3. The topological polar surface area (TPSA) is 41.1 Å². The zero-order valence-corrected chi connectivity index (χ0v) is 13.1. The molecule has 3 nitrogen and oxygen atoms in total. The summed E-state index contributed by atoms with van der Waals surface area (Å²) in [6, 6.07) is 3.79. The Labute approximate surface area is 124 Å². The smallest absolute Gasteiger partial charge is 0.236 e. The zero-order valence-electron chi connectivity index (χ0n) is 12.3. The van der Waals surface area contributed by atoms with Crippen LogP contribution in [-0.4, -0.2) is 18.5 Å². The van der Waals surface area contributed by atoms with E-state index < -0.39 is 0 Å². The summed E-state index contributed by atoms with van der Waals surface area (Å²) in [6.45, 7) is 8.42. The minimum absolute atomic E-state index is 0.0521. The van der Waals surface area contributed by atoms with Gasteiger partial charge in [0.05, 0.1) is 6.04 Å². The van der Waals surface area contributed by atoms with Crippen molar-refractivity contribution in [2.24, 2.45) is 5.92 Å². The van der Waals surface area contributed by atoms with E-state index in [1.54, 1.807) is 13.0 Å². The van der Waals surface area contributed by atoms with Crippen molar-refractivity contribution in [2.45, 2.75) is 39.8 Å². The number of nitrogens with one attached hydrogen (secondary N) is 2. The van der Waals surface area contributed by atoms with Crippen molar-refractivity contribution < 1.29 is 9.18 Å². The first-order valence-corrected chi connectivity index (χ1v) is 7.17. The molecule has 0 aliphatic rings. The van der Waals surface area contributed by atoms with Crippen molar-refractivity contribution in [2.75, 3.05) is 6.54 Å². The van der Waals surface area contributed by atoms with E-state index in [4.69, 9.17) is 11.6 Å². The first-order chi connectivity index (χ1) is 9.31. The first kappa shape index (κ1) is 16.9. The fourth-order valence-electron chi connectivity index (χ4n) is 1.85. The van der Waals surface area contributed by atoms with Gasteiger partial charge in [-0.1, -0.05) is 31.5 Å². The molecule has 2 unspecified atom stereocenters. The lowest BCUT2D eigenvalue weighted by molar-refractivity contribution is -0.123. The highest BCUT2D eigenvalue weighted by molar-refractivity contribution is 6.31. The molecule has 20 heavy (non-hydrogen) atoms. The van der Waals surface area contributed by atoms with Crippen LogP contribution in [0.1, 0.15) is 39.3 Å². The normalized spacial score (nSPS) is 14.2. The molecule has 2 atom stereocenters. The number of carbonyl (C=O) groups excluding carboxylic acids is 1. The Bertz CT molecular complexity index is 465. The molecule has 0 spiro atoms. The molecule has 0 aliphatic heterocycles. The molecule has 1 aromatic carbocycles. The molecule has 0 fully saturated rings. The van der Waals surface area contributed by atoms with E-state index >= 15 is 0 Å². The Kier molecular flexibility index (Phi) is 6.43. The van der Waals surface area contributed by atoms with Gasteiger partial charge in [0, 0.05) is 17.6 Å². The van der Waals surface area contributed by atoms with Gasteiger partial charge in [0.1, 0.15) is 5.82 Å². The molecular weight excluding hydrogens is 279 g/mol. The summed E-state index contributed by atoms with van der Waals surface area (Å²) >= 11 is 6.01. The predicted molar refractivity (Wildman–Crippen MR) is 80.3 cm³/mol. The Morgan fingerprint density at radius 1 is 1.30 bits per heavy atom. The molecular formula is C15H22ClFN2O. The minimum Gasteiger partial charge on any atom is -0.354 e. The molecule has 1 amide bonds. The van der Waals surface area contributed by atoms with E-state index in [2.05, 4.69) is 10.6 Å². The van der Waals surface area contributed by atoms with Crippen molar-refractivity contribution in [1.82, 2.24) is 10.6 Å². The van der Waals surface area contributed by atoms with Crippen molar-refractivity contribution >= 4 is 17.5 Å². The summed E-state index contributed by atoms with van der Waals surface area (Å²) in [7, 11) is 0. The van der Waals surface area contributed by atoms with Gasteiger partial charge in [-0.3, -0.25) is 10.1 Å². The summed E-state index contributed by atoms with van der Waals surface area (Å²) in [4.78, 5) is 11.9. The number of carbonyl (C=O) groups is 1.